The molecule has 0 radical (unpaired) electrons. The molecule has 19 heteroatoms. The van der Waals surface area contributed by atoms with Gasteiger partial charge in [-0.2, -0.15) is 31.6 Å². The number of hydrogen-bond donors (Lipinski definition) is 3. The van der Waals surface area contributed by atoms with Gasteiger partial charge in [0.05, 0.1) is 16.8 Å². The smallest absolute Gasteiger partial charge is 0.475 e. The zero-order chi connectivity index (χ0) is 38.8. The minimum atomic E-state index is -5.08. The van der Waals surface area contributed by atoms with E-state index in [-0.39, 0.29) is 28.3 Å². The van der Waals surface area contributed by atoms with E-state index in [2.05, 4.69) is 9.98 Å². The predicted octanol–water partition coefficient (Wildman–Crippen LogP) is 6.40. The zero-order valence-corrected chi connectivity index (χ0v) is 27.3. The molecule has 3 aromatic rings. The number of aromatic nitrogens is 1. The first-order chi connectivity index (χ1) is 24.1. The number of halogens is 8. The molecule has 0 saturated heterocycles. The number of aliphatic imine (C=N–C) groups is 1. The van der Waals surface area contributed by atoms with Crippen LogP contribution in [0.15, 0.2) is 65.8 Å². The molecule has 4 N–H and O–H groups in total. The number of amidine groups is 1. The molecule has 2 aliphatic heterocycles. The molecule has 10 nitrogen and oxygen atoms in total. The summed E-state index contributed by atoms with van der Waals surface area (Å²) in [4.78, 5) is 42.1. The summed E-state index contributed by atoms with van der Waals surface area (Å²) in [6.07, 6.45) is -7.09. The fourth-order valence-electron chi connectivity index (χ4n) is 5.64. The lowest BCUT2D eigenvalue weighted by Gasteiger charge is -2.35. The number of nitriles is 1. The zero-order valence-electron chi connectivity index (χ0n) is 26.5. The van der Waals surface area contributed by atoms with Crippen LogP contribution in [0.4, 0.5) is 35.1 Å². The number of fused-ring (bicyclic) bond motifs is 2. The van der Waals surface area contributed by atoms with Gasteiger partial charge in [0.25, 0.3) is 0 Å². The number of alkyl halides is 6. The molecule has 1 saturated carbocycles. The molecule has 274 valence electrons. The van der Waals surface area contributed by atoms with Crippen LogP contribution in [0.5, 0.6) is 0 Å². The fraction of sp³-hybridized carbons (Fsp3) is 0.273. The van der Waals surface area contributed by atoms with Gasteiger partial charge in [-0.3, -0.25) is 14.8 Å². The van der Waals surface area contributed by atoms with E-state index in [1.165, 1.54) is 48.3 Å². The molecule has 1 aromatic heterocycles. The first-order valence-corrected chi connectivity index (χ1v) is 15.5. The number of pyridine rings is 1. The Balaban J connectivity index is 0.000000367. The van der Waals surface area contributed by atoms with Crippen LogP contribution in [0.2, 0.25) is 0 Å². The van der Waals surface area contributed by atoms with Gasteiger partial charge in [0.1, 0.15) is 22.5 Å². The average molecular weight is 756 g/mol. The van der Waals surface area contributed by atoms with Crippen LogP contribution in [0.3, 0.4) is 0 Å². The van der Waals surface area contributed by atoms with Crippen LogP contribution in [-0.4, -0.2) is 60.2 Å². The minimum absolute atomic E-state index is 0.0119. The van der Waals surface area contributed by atoms with E-state index in [1.807, 2.05) is 35.2 Å². The molecule has 0 bridgehead atoms. The Morgan fingerprint density at radius 3 is 2.04 bits per heavy atom. The van der Waals surface area contributed by atoms with E-state index >= 15 is 4.39 Å². The first-order valence-electron chi connectivity index (χ1n) is 14.7. The lowest BCUT2D eigenvalue weighted by atomic mass is 9.84. The van der Waals surface area contributed by atoms with Gasteiger partial charge in [-0.25, -0.2) is 18.4 Å². The van der Waals surface area contributed by atoms with Crippen molar-refractivity contribution in [2.45, 2.75) is 49.1 Å². The summed E-state index contributed by atoms with van der Waals surface area (Å²) >= 11 is 1.27. The second-order valence-corrected chi connectivity index (χ2v) is 13.0. The van der Waals surface area contributed by atoms with Gasteiger partial charge in [-0.1, -0.05) is 42.1 Å². The van der Waals surface area contributed by atoms with Crippen molar-refractivity contribution in [1.82, 2.24) is 9.88 Å². The Labute approximate surface area is 293 Å². The number of rotatable bonds is 4. The fourth-order valence-corrected chi connectivity index (χ4v) is 7.09. The second-order valence-electron chi connectivity index (χ2n) is 11.7. The van der Waals surface area contributed by atoms with Gasteiger partial charge < -0.3 is 20.8 Å². The van der Waals surface area contributed by atoms with Crippen LogP contribution < -0.4 is 5.73 Å². The van der Waals surface area contributed by atoms with Gasteiger partial charge in [0.2, 0.25) is 5.91 Å². The van der Waals surface area contributed by atoms with Crippen molar-refractivity contribution in [3.63, 3.8) is 0 Å². The summed E-state index contributed by atoms with van der Waals surface area (Å²) in [6.45, 7) is 2.87. The lowest BCUT2D eigenvalue weighted by Crippen LogP contribution is -2.44. The van der Waals surface area contributed by atoms with Crippen molar-refractivity contribution in [2.75, 3.05) is 0 Å². The maximum atomic E-state index is 15.3. The lowest BCUT2D eigenvalue weighted by molar-refractivity contribution is -0.193. The number of thioether (sulfide) groups is 1. The molecule has 3 aliphatic rings. The largest absolute Gasteiger partial charge is 0.490 e. The van der Waals surface area contributed by atoms with Gasteiger partial charge in [-0.05, 0) is 60.4 Å². The van der Waals surface area contributed by atoms with Crippen molar-refractivity contribution >= 4 is 46.7 Å². The second kappa shape index (κ2) is 14.6. The number of amides is 1. The predicted molar refractivity (Wildman–Crippen MR) is 170 cm³/mol. The standard InChI is InChI=1S/C29H23F2N5OS.2C2HF3O2/c1-28(21-10-17(6-8-22(21)30)11-23(31)24-9-7-18(13-32)14-34-24)25-12-29(25,38-27(33)35-28)26(37)36-15-19-4-2-3-5-20(19)16-36;2*3-2(4,5)1(6)7/h2-11,14,25H,12,15-16H2,1H3,(H2,33,35);2*(H,6,7)/t25-,28+,29-;;/m0../s1. The van der Waals surface area contributed by atoms with Crippen molar-refractivity contribution in [3.05, 3.63) is 100 Å². The molecule has 6 rings (SSSR count). The molecule has 3 heterocycles. The highest BCUT2D eigenvalue weighted by atomic mass is 32.2. The highest BCUT2D eigenvalue weighted by Crippen LogP contribution is 2.66. The Morgan fingerprint density at radius 1 is 1.00 bits per heavy atom. The third-order valence-corrected chi connectivity index (χ3v) is 9.45. The number of nitrogens with zero attached hydrogens (tertiary/aromatic N) is 4. The summed E-state index contributed by atoms with van der Waals surface area (Å²) in [6, 6.07) is 17.1. The van der Waals surface area contributed by atoms with E-state index in [1.54, 1.807) is 13.0 Å². The molecule has 3 atom stereocenters. The molecule has 52 heavy (non-hydrogen) atoms. The van der Waals surface area contributed by atoms with Crippen LogP contribution >= 0.6 is 11.8 Å². The van der Waals surface area contributed by atoms with Crippen LogP contribution in [0.1, 0.15) is 46.9 Å². The van der Waals surface area contributed by atoms with Crippen LogP contribution in [0, 0.1) is 23.1 Å². The summed E-state index contributed by atoms with van der Waals surface area (Å²) in [5, 5.41) is 23.4. The van der Waals surface area contributed by atoms with Crippen molar-refractivity contribution < 1.29 is 59.7 Å². The van der Waals surface area contributed by atoms with E-state index in [9.17, 15) is 35.5 Å². The number of carbonyl (C=O) groups excluding carboxylic acids is 1. The summed E-state index contributed by atoms with van der Waals surface area (Å²) in [7, 11) is 0. The maximum absolute atomic E-state index is 15.3. The highest BCUT2D eigenvalue weighted by molar-refractivity contribution is 8.15. The molecule has 0 spiro atoms. The Kier molecular flexibility index (Phi) is 11.0. The molecular formula is C33H25F8N5O5S. The van der Waals surface area contributed by atoms with Gasteiger partial charge in [-0.15, -0.1) is 0 Å². The van der Waals surface area contributed by atoms with Gasteiger partial charge in [0, 0.05) is 30.8 Å². The average Bonchev–Trinajstić information content (AvgIpc) is 3.67. The summed E-state index contributed by atoms with van der Waals surface area (Å²) < 4.78 is 92.9. The van der Waals surface area contributed by atoms with E-state index in [0.717, 1.165) is 11.1 Å². The highest BCUT2D eigenvalue weighted by Gasteiger charge is 2.71. The maximum Gasteiger partial charge on any atom is 0.490 e. The normalized spacial score (nSPS) is 21.8. The van der Waals surface area contributed by atoms with Gasteiger partial charge in [0.15, 0.2) is 5.17 Å². The van der Waals surface area contributed by atoms with E-state index in [4.69, 9.17) is 30.8 Å². The number of nitrogens with two attached hydrogens (primary N) is 1. The Hall–Kier alpha value is -5.51. The Morgan fingerprint density at radius 2 is 1.56 bits per heavy atom. The molecular weight excluding hydrogens is 730 g/mol. The van der Waals surface area contributed by atoms with E-state index in [0.29, 0.717) is 30.6 Å². The molecule has 0 unspecified atom stereocenters. The summed E-state index contributed by atoms with van der Waals surface area (Å²) in [5.41, 5.74) is 8.50. The third-order valence-electron chi connectivity index (χ3n) is 8.16. The van der Waals surface area contributed by atoms with Crippen molar-refractivity contribution in [1.29, 1.82) is 5.26 Å². The Bertz CT molecular complexity index is 1950. The number of hydrogen-bond acceptors (Lipinski definition) is 8. The number of aliphatic carboxylic acids is 2. The number of carbonyl (C=O) groups is 3. The molecule has 1 aliphatic carbocycles. The van der Waals surface area contributed by atoms with Crippen LogP contribution in [0.25, 0.3) is 11.9 Å². The summed E-state index contributed by atoms with van der Waals surface area (Å²) in [5.74, 6) is -6.90. The van der Waals surface area contributed by atoms with Crippen molar-refractivity contribution in [2.24, 2.45) is 16.6 Å². The monoisotopic (exact) mass is 755 g/mol. The minimum Gasteiger partial charge on any atom is -0.475 e. The quantitative estimate of drug-likeness (QED) is 0.255. The van der Waals surface area contributed by atoms with E-state index < -0.39 is 46.2 Å². The SMILES string of the molecule is C[C@]1(c2cc(C=C(F)c3ccc(C#N)cn3)ccc2F)N=C(N)S[C@@]2(C(=O)N3Cc4ccccc4C3)C[C@H]21.O=C(O)C(F)(F)F.O=C(O)C(F)(F)F. The third kappa shape index (κ3) is 8.50. The van der Waals surface area contributed by atoms with Gasteiger partial charge >= 0.3 is 24.3 Å². The molecule has 1 amide bonds. The number of benzene rings is 2. The topological polar surface area (TPSA) is 170 Å². The number of carboxylic acid groups (broad SMARTS) is 2. The molecule has 1 fully saturated rings. The van der Waals surface area contributed by atoms with Crippen molar-refractivity contribution in [3.8, 4) is 6.07 Å². The number of carboxylic acids is 2. The van der Waals surface area contributed by atoms with Crippen LogP contribution in [-0.2, 0) is 33.0 Å². The molecule has 2 aromatic carbocycles. The first kappa shape index (κ1) is 39.3.